The number of hydrogen-bond donors (Lipinski definition) is 3. The fraction of sp³-hybridized carbons (Fsp3) is 0.0556. The van der Waals surface area contributed by atoms with Crippen LogP contribution in [-0.2, 0) is 10.1 Å². The third-order valence-electron chi connectivity index (χ3n) is 4.16. The van der Waals surface area contributed by atoms with Gasteiger partial charge < -0.3 is 10.4 Å². The first kappa shape index (κ1) is 19.3. The van der Waals surface area contributed by atoms with Crippen molar-refractivity contribution in [3.8, 4) is 5.75 Å². The summed E-state index contributed by atoms with van der Waals surface area (Å²) in [5.41, 5.74) is 0.688. The number of phenolic OH excluding ortho intramolecular Hbond substituents is 1. The maximum atomic E-state index is 12.4. The molecule has 0 saturated heterocycles. The van der Waals surface area contributed by atoms with E-state index in [1.165, 1.54) is 42.5 Å². The van der Waals surface area contributed by atoms with E-state index in [1.807, 2.05) is 0 Å². The number of amides is 1. The quantitative estimate of drug-likeness (QED) is 0.345. The highest BCUT2D eigenvalue weighted by Gasteiger charge is 2.18. The molecule has 0 unspecified atom stereocenters. The largest absolute Gasteiger partial charge is 0.506 e. The summed E-state index contributed by atoms with van der Waals surface area (Å²) in [6.45, 7) is 1.57. The normalized spacial score (nSPS) is 11.4. The molecule has 0 fully saturated rings. The highest BCUT2D eigenvalue weighted by Crippen LogP contribution is 2.33. The van der Waals surface area contributed by atoms with Gasteiger partial charge in [0.05, 0.1) is 4.92 Å². The number of nitro groups is 1. The molecule has 3 rings (SSSR count). The highest BCUT2D eigenvalue weighted by atomic mass is 32.2. The Morgan fingerprint density at radius 3 is 2.46 bits per heavy atom. The Bertz CT molecular complexity index is 1240. The van der Waals surface area contributed by atoms with E-state index in [-0.39, 0.29) is 16.6 Å². The molecular formula is C18H14N2O7S. The summed E-state index contributed by atoms with van der Waals surface area (Å²) in [5, 5.41) is 24.2. The number of carbonyl (C=O) groups excluding carboxylic acids is 1. The van der Waals surface area contributed by atoms with E-state index in [1.54, 1.807) is 6.92 Å². The van der Waals surface area contributed by atoms with Crippen LogP contribution in [-0.4, -0.2) is 28.9 Å². The van der Waals surface area contributed by atoms with E-state index >= 15 is 0 Å². The molecule has 0 aliphatic rings. The van der Waals surface area contributed by atoms with Gasteiger partial charge in [-0.05, 0) is 42.6 Å². The SMILES string of the molecule is Cc1ccc(C(=O)Nc2ccc3c(O)c(S(=O)(=O)O)ccc3c2)cc1[N+](=O)[O-]. The lowest BCUT2D eigenvalue weighted by Gasteiger charge is -2.09. The average molecular weight is 402 g/mol. The molecule has 0 heterocycles. The molecule has 0 aliphatic heterocycles. The van der Waals surface area contributed by atoms with E-state index in [0.717, 1.165) is 6.07 Å². The second kappa shape index (κ2) is 6.91. The lowest BCUT2D eigenvalue weighted by molar-refractivity contribution is -0.385. The molecule has 0 saturated carbocycles. The Morgan fingerprint density at radius 1 is 1.11 bits per heavy atom. The van der Waals surface area contributed by atoms with Gasteiger partial charge in [-0.15, -0.1) is 0 Å². The van der Waals surface area contributed by atoms with Crippen molar-refractivity contribution in [1.82, 2.24) is 0 Å². The van der Waals surface area contributed by atoms with Crippen LogP contribution in [0.5, 0.6) is 5.75 Å². The van der Waals surface area contributed by atoms with Crippen molar-refractivity contribution in [3.63, 3.8) is 0 Å². The first-order valence-corrected chi connectivity index (χ1v) is 9.31. The average Bonchev–Trinajstić information content (AvgIpc) is 2.60. The Balaban J connectivity index is 1.94. The molecule has 3 aromatic rings. The Labute approximate surface area is 159 Å². The first-order chi connectivity index (χ1) is 13.1. The third kappa shape index (κ3) is 3.63. The number of anilines is 1. The van der Waals surface area contributed by atoms with Crippen molar-refractivity contribution in [3.05, 3.63) is 69.8 Å². The molecule has 3 N–H and O–H groups in total. The summed E-state index contributed by atoms with van der Waals surface area (Å²) in [7, 11) is -4.58. The van der Waals surface area contributed by atoms with Gasteiger partial charge in [0.2, 0.25) is 0 Å². The first-order valence-electron chi connectivity index (χ1n) is 7.87. The van der Waals surface area contributed by atoms with E-state index in [4.69, 9.17) is 4.55 Å². The van der Waals surface area contributed by atoms with Crippen LogP contribution in [0.15, 0.2) is 53.4 Å². The van der Waals surface area contributed by atoms with Crippen molar-refractivity contribution >= 4 is 38.2 Å². The number of nitrogens with one attached hydrogen (secondary N) is 1. The predicted molar refractivity (Wildman–Crippen MR) is 101 cm³/mol. The number of nitro benzene ring substituents is 1. The number of rotatable bonds is 4. The molecule has 0 atom stereocenters. The van der Waals surface area contributed by atoms with E-state index < -0.39 is 31.6 Å². The van der Waals surface area contributed by atoms with Gasteiger partial charge >= 0.3 is 0 Å². The fourth-order valence-corrected chi connectivity index (χ4v) is 3.32. The van der Waals surface area contributed by atoms with Crippen LogP contribution in [0.3, 0.4) is 0 Å². The van der Waals surface area contributed by atoms with Crippen molar-refractivity contribution < 1.29 is 27.8 Å². The topological polar surface area (TPSA) is 147 Å². The Morgan fingerprint density at radius 2 is 1.82 bits per heavy atom. The van der Waals surface area contributed by atoms with Gasteiger partial charge in [-0.3, -0.25) is 19.5 Å². The lowest BCUT2D eigenvalue weighted by Crippen LogP contribution is -2.12. The lowest BCUT2D eigenvalue weighted by atomic mass is 10.1. The molecular weight excluding hydrogens is 388 g/mol. The zero-order valence-electron chi connectivity index (χ0n) is 14.4. The third-order valence-corrected chi connectivity index (χ3v) is 5.04. The van der Waals surface area contributed by atoms with Crippen LogP contribution in [0.2, 0.25) is 0 Å². The number of aromatic hydroxyl groups is 1. The fourth-order valence-electron chi connectivity index (χ4n) is 2.73. The molecule has 144 valence electrons. The standard InChI is InChI=1S/C18H14N2O7S/c1-10-2-3-12(9-15(10)20(23)24)18(22)19-13-5-6-14-11(8-13)4-7-16(17(14)21)28(25,26)27/h2-9,21H,1H3,(H,19,22)(H,25,26,27). The van der Waals surface area contributed by atoms with Gasteiger partial charge in [0, 0.05) is 28.3 Å². The minimum Gasteiger partial charge on any atom is -0.506 e. The van der Waals surface area contributed by atoms with Crippen LogP contribution >= 0.6 is 0 Å². The van der Waals surface area contributed by atoms with Crippen LogP contribution in [0.1, 0.15) is 15.9 Å². The summed E-state index contributed by atoms with van der Waals surface area (Å²) in [6, 6.07) is 10.8. The molecule has 28 heavy (non-hydrogen) atoms. The maximum absolute atomic E-state index is 12.4. The zero-order chi connectivity index (χ0) is 20.6. The van der Waals surface area contributed by atoms with Crippen molar-refractivity contribution in [2.45, 2.75) is 11.8 Å². The smallest absolute Gasteiger partial charge is 0.298 e. The van der Waals surface area contributed by atoms with Crippen molar-refractivity contribution in [2.24, 2.45) is 0 Å². The van der Waals surface area contributed by atoms with E-state index in [2.05, 4.69) is 5.32 Å². The summed E-state index contributed by atoms with van der Waals surface area (Å²) >= 11 is 0. The molecule has 0 aliphatic carbocycles. The monoisotopic (exact) mass is 402 g/mol. The number of nitrogens with zero attached hydrogens (tertiary/aromatic N) is 1. The number of benzene rings is 3. The van der Waals surface area contributed by atoms with Crippen LogP contribution < -0.4 is 5.32 Å². The number of hydrogen-bond acceptors (Lipinski definition) is 6. The minimum absolute atomic E-state index is 0.0990. The van der Waals surface area contributed by atoms with Gasteiger partial charge in [0.1, 0.15) is 10.6 Å². The molecule has 9 nitrogen and oxygen atoms in total. The molecule has 0 radical (unpaired) electrons. The molecule has 10 heteroatoms. The molecule has 0 aromatic heterocycles. The molecule has 3 aromatic carbocycles. The highest BCUT2D eigenvalue weighted by molar-refractivity contribution is 7.86. The number of carbonyl (C=O) groups is 1. The van der Waals surface area contributed by atoms with Gasteiger partial charge in [-0.25, -0.2) is 0 Å². The number of aryl methyl sites for hydroxylation is 1. The molecule has 0 bridgehead atoms. The summed E-state index contributed by atoms with van der Waals surface area (Å²) < 4.78 is 31.6. The van der Waals surface area contributed by atoms with Crippen LogP contribution in [0.4, 0.5) is 11.4 Å². The Kier molecular flexibility index (Phi) is 4.75. The Hall–Kier alpha value is -3.50. The second-order valence-corrected chi connectivity index (χ2v) is 7.43. The van der Waals surface area contributed by atoms with Crippen LogP contribution in [0, 0.1) is 17.0 Å². The summed E-state index contributed by atoms with van der Waals surface area (Å²) in [5.74, 6) is -1.17. The second-order valence-electron chi connectivity index (χ2n) is 6.04. The summed E-state index contributed by atoms with van der Waals surface area (Å²) in [6.07, 6.45) is 0. The summed E-state index contributed by atoms with van der Waals surface area (Å²) in [4.78, 5) is 22.2. The molecule has 1 amide bonds. The zero-order valence-corrected chi connectivity index (χ0v) is 15.2. The van der Waals surface area contributed by atoms with Crippen molar-refractivity contribution in [2.75, 3.05) is 5.32 Å². The number of fused-ring (bicyclic) bond motifs is 1. The van der Waals surface area contributed by atoms with Gasteiger partial charge in [0.25, 0.3) is 21.7 Å². The molecule has 0 spiro atoms. The van der Waals surface area contributed by atoms with Gasteiger partial charge in [0.15, 0.2) is 0 Å². The number of phenols is 1. The van der Waals surface area contributed by atoms with Crippen molar-refractivity contribution in [1.29, 1.82) is 0 Å². The van der Waals surface area contributed by atoms with E-state index in [0.29, 0.717) is 16.6 Å². The van der Waals surface area contributed by atoms with Gasteiger partial charge in [-0.2, -0.15) is 8.42 Å². The maximum Gasteiger partial charge on any atom is 0.298 e. The van der Waals surface area contributed by atoms with Crippen LogP contribution in [0.25, 0.3) is 10.8 Å². The van der Waals surface area contributed by atoms with E-state index in [9.17, 15) is 28.4 Å². The predicted octanol–water partition coefficient (Wildman–Crippen LogP) is 3.26. The minimum atomic E-state index is -4.58. The van der Waals surface area contributed by atoms with Gasteiger partial charge in [-0.1, -0.05) is 12.1 Å².